The van der Waals surface area contributed by atoms with E-state index in [1.807, 2.05) is 43.1 Å². The Balaban J connectivity index is 2.04. The highest BCUT2D eigenvalue weighted by Gasteiger charge is 2.10. The van der Waals surface area contributed by atoms with E-state index in [0.29, 0.717) is 12.2 Å². The van der Waals surface area contributed by atoms with Crippen molar-refractivity contribution in [2.24, 2.45) is 5.73 Å². The third kappa shape index (κ3) is 3.54. The Kier molecular flexibility index (Phi) is 4.69. The van der Waals surface area contributed by atoms with Gasteiger partial charge in [-0.2, -0.15) is 0 Å². The molecule has 0 saturated carbocycles. The molecule has 0 aliphatic heterocycles. The van der Waals surface area contributed by atoms with Crippen LogP contribution in [0.2, 0.25) is 0 Å². The third-order valence-electron chi connectivity index (χ3n) is 3.34. The summed E-state index contributed by atoms with van der Waals surface area (Å²) in [6, 6.07) is 10.8. The lowest BCUT2D eigenvalue weighted by molar-refractivity contribution is 0.616. The second-order valence-electron chi connectivity index (χ2n) is 4.99. The quantitative estimate of drug-likeness (QED) is 0.910. The zero-order valence-corrected chi connectivity index (χ0v) is 11.9. The number of hydrogen-bond acceptors (Lipinski definition) is 3. The van der Waals surface area contributed by atoms with Gasteiger partial charge in [0.15, 0.2) is 0 Å². The number of likely N-dealkylation sites (N-methyl/N-ethyl adjacent to an activating group) is 1. The monoisotopic (exact) mass is 273 g/mol. The van der Waals surface area contributed by atoms with Gasteiger partial charge in [-0.05, 0) is 36.8 Å². The number of benzene rings is 1. The first-order valence-corrected chi connectivity index (χ1v) is 6.74. The number of halogens is 1. The third-order valence-corrected chi connectivity index (χ3v) is 3.34. The van der Waals surface area contributed by atoms with Crippen LogP contribution in [0.1, 0.15) is 24.2 Å². The van der Waals surface area contributed by atoms with E-state index < -0.39 is 0 Å². The first kappa shape index (κ1) is 14.5. The molecule has 0 amide bonds. The Morgan fingerprint density at radius 1 is 1.30 bits per heavy atom. The Morgan fingerprint density at radius 3 is 2.70 bits per heavy atom. The molecule has 1 unspecified atom stereocenters. The Bertz CT molecular complexity index is 555. The molecular weight excluding hydrogens is 253 g/mol. The van der Waals surface area contributed by atoms with Crippen LogP contribution in [0.5, 0.6) is 0 Å². The van der Waals surface area contributed by atoms with Crippen LogP contribution in [0.15, 0.2) is 42.6 Å². The van der Waals surface area contributed by atoms with E-state index in [2.05, 4.69) is 4.98 Å². The molecule has 4 heteroatoms. The summed E-state index contributed by atoms with van der Waals surface area (Å²) in [7, 11) is 1.88. The molecular formula is C16H20FN3. The smallest absolute Gasteiger partial charge is 0.146 e. The molecule has 0 bridgehead atoms. The molecule has 2 rings (SSSR count). The number of hydrogen-bond donors (Lipinski definition) is 1. The number of pyridine rings is 1. The maximum atomic E-state index is 14.1. The first-order valence-electron chi connectivity index (χ1n) is 6.74. The molecule has 0 spiro atoms. The minimum absolute atomic E-state index is 0.155. The number of nitrogens with zero attached hydrogens (tertiary/aromatic N) is 2. The Labute approximate surface area is 119 Å². The number of nitrogens with two attached hydrogens (primary N) is 1. The fourth-order valence-corrected chi connectivity index (χ4v) is 2.06. The van der Waals surface area contributed by atoms with Gasteiger partial charge in [-0.1, -0.05) is 12.1 Å². The highest BCUT2D eigenvalue weighted by Crippen LogP contribution is 2.22. The van der Waals surface area contributed by atoms with Crippen molar-refractivity contribution >= 4 is 5.69 Å². The summed E-state index contributed by atoms with van der Waals surface area (Å²) in [4.78, 5) is 6.16. The Hall–Kier alpha value is -1.94. The van der Waals surface area contributed by atoms with E-state index in [4.69, 9.17) is 5.73 Å². The summed E-state index contributed by atoms with van der Waals surface area (Å²) < 4.78 is 14.1. The van der Waals surface area contributed by atoms with Gasteiger partial charge in [-0.3, -0.25) is 4.98 Å². The van der Waals surface area contributed by atoms with Crippen LogP contribution in [-0.4, -0.2) is 18.6 Å². The van der Waals surface area contributed by atoms with Crippen LogP contribution in [-0.2, 0) is 6.42 Å². The van der Waals surface area contributed by atoms with E-state index in [0.717, 1.165) is 17.7 Å². The van der Waals surface area contributed by atoms with Crippen molar-refractivity contribution in [1.29, 1.82) is 0 Å². The lowest BCUT2D eigenvalue weighted by atomic mass is 10.1. The van der Waals surface area contributed by atoms with Crippen molar-refractivity contribution < 1.29 is 4.39 Å². The summed E-state index contributed by atoms with van der Waals surface area (Å²) >= 11 is 0. The fraction of sp³-hybridized carbons (Fsp3) is 0.312. The van der Waals surface area contributed by atoms with Crippen molar-refractivity contribution in [3.8, 4) is 0 Å². The molecule has 0 aliphatic carbocycles. The number of anilines is 1. The molecule has 1 atom stereocenters. The maximum absolute atomic E-state index is 14.1. The minimum atomic E-state index is -0.233. The first-order chi connectivity index (χ1) is 9.58. The lowest BCUT2D eigenvalue weighted by Crippen LogP contribution is -2.22. The van der Waals surface area contributed by atoms with Gasteiger partial charge in [0.2, 0.25) is 0 Å². The molecule has 0 saturated heterocycles. The fourth-order valence-electron chi connectivity index (χ4n) is 2.06. The average molecular weight is 273 g/mol. The molecule has 106 valence electrons. The van der Waals surface area contributed by atoms with Crippen LogP contribution in [0.3, 0.4) is 0 Å². The molecule has 0 fully saturated rings. The normalized spacial score (nSPS) is 12.2. The van der Waals surface area contributed by atoms with Crippen LogP contribution < -0.4 is 10.6 Å². The predicted octanol–water partition coefficient (Wildman–Crippen LogP) is 2.92. The van der Waals surface area contributed by atoms with Crippen molar-refractivity contribution in [2.75, 3.05) is 18.5 Å². The molecule has 2 N–H and O–H groups in total. The van der Waals surface area contributed by atoms with Crippen molar-refractivity contribution in [3.05, 3.63) is 59.7 Å². The summed E-state index contributed by atoms with van der Waals surface area (Å²) in [6.07, 6.45) is 2.55. The number of aromatic nitrogens is 1. The van der Waals surface area contributed by atoms with Crippen molar-refractivity contribution in [2.45, 2.75) is 19.4 Å². The zero-order chi connectivity index (χ0) is 14.5. The van der Waals surface area contributed by atoms with Crippen LogP contribution >= 0.6 is 0 Å². The summed E-state index contributed by atoms with van der Waals surface area (Å²) in [5, 5.41) is 0. The van der Waals surface area contributed by atoms with Crippen molar-refractivity contribution in [1.82, 2.24) is 4.98 Å². The molecule has 2 aromatic rings. The molecule has 1 aromatic heterocycles. The van der Waals surface area contributed by atoms with Gasteiger partial charge in [0.1, 0.15) is 5.82 Å². The van der Waals surface area contributed by atoms with Gasteiger partial charge in [-0.25, -0.2) is 4.39 Å². The van der Waals surface area contributed by atoms with E-state index >= 15 is 0 Å². The van der Waals surface area contributed by atoms with Gasteiger partial charge in [0.05, 0.1) is 5.69 Å². The summed E-state index contributed by atoms with van der Waals surface area (Å²) in [5.74, 6) is -0.233. The molecule has 3 nitrogen and oxygen atoms in total. The van der Waals surface area contributed by atoms with Gasteiger partial charge >= 0.3 is 0 Å². The molecule has 20 heavy (non-hydrogen) atoms. The standard InChI is InChI=1S/C16H20FN3/c1-12(18)13-6-7-16(15(17)11-13)20(2)10-8-14-5-3-4-9-19-14/h3-7,9,11-12H,8,10,18H2,1-2H3. The topological polar surface area (TPSA) is 42.1 Å². The van der Waals surface area contributed by atoms with Gasteiger partial charge in [0.25, 0.3) is 0 Å². The minimum Gasteiger partial charge on any atom is -0.372 e. The van der Waals surface area contributed by atoms with Gasteiger partial charge < -0.3 is 10.6 Å². The van der Waals surface area contributed by atoms with Crippen LogP contribution in [0.4, 0.5) is 10.1 Å². The highest BCUT2D eigenvalue weighted by molar-refractivity contribution is 5.49. The molecule has 0 radical (unpaired) electrons. The van der Waals surface area contributed by atoms with E-state index in [1.165, 1.54) is 6.07 Å². The Morgan fingerprint density at radius 2 is 2.10 bits per heavy atom. The molecule has 0 aliphatic rings. The predicted molar refractivity (Wildman–Crippen MR) is 80.2 cm³/mol. The van der Waals surface area contributed by atoms with E-state index in [9.17, 15) is 4.39 Å². The average Bonchev–Trinajstić information content (AvgIpc) is 2.45. The highest BCUT2D eigenvalue weighted by atomic mass is 19.1. The molecule has 1 heterocycles. The second-order valence-corrected chi connectivity index (χ2v) is 4.99. The SMILES string of the molecule is CC(N)c1ccc(N(C)CCc2ccccn2)c(F)c1. The van der Waals surface area contributed by atoms with E-state index in [1.54, 1.807) is 12.3 Å². The van der Waals surface area contributed by atoms with E-state index in [-0.39, 0.29) is 11.9 Å². The van der Waals surface area contributed by atoms with Crippen LogP contribution in [0, 0.1) is 5.82 Å². The van der Waals surface area contributed by atoms with Gasteiger partial charge in [0, 0.05) is 37.9 Å². The number of rotatable bonds is 5. The van der Waals surface area contributed by atoms with Gasteiger partial charge in [-0.15, -0.1) is 0 Å². The maximum Gasteiger partial charge on any atom is 0.146 e. The molecule has 1 aromatic carbocycles. The second kappa shape index (κ2) is 6.48. The summed E-state index contributed by atoms with van der Waals surface area (Å²) in [6.45, 7) is 2.56. The summed E-state index contributed by atoms with van der Waals surface area (Å²) in [5.41, 5.74) is 8.16. The van der Waals surface area contributed by atoms with Crippen LogP contribution in [0.25, 0.3) is 0 Å². The lowest BCUT2D eigenvalue weighted by Gasteiger charge is -2.20. The zero-order valence-electron chi connectivity index (χ0n) is 11.9. The van der Waals surface area contributed by atoms with Crippen molar-refractivity contribution in [3.63, 3.8) is 0 Å². The largest absolute Gasteiger partial charge is 0.372 e.